The first-order chi connectivity index (χ1) is 8.42. The second-order valence-electron chi connectivity index (χ2n) is 3.21. The number of ether oxygens (including phenoxy) is 2. The predicted octanol–water partition coefficient (Wildman–Crippen LogP) is 2.02. The SMILES string of the molecule is CCOCCOc1nsnc1-c1cccnc1. The molecule has 2 aromatic rings. The number of rotatable bonds is 6. The van der Waals surface area contributed by atoms with Crippen molar-refractivity contribution in [3.05, 3.63) is 24.5 Å². The van der Waals surface area contributed by atoms with E-state index in [0.29, 0.717) is 25.7 Å². The Balaban J connectivity index is 2.02. The van der Waals surface area contributed by atoms with Gasteiger partial charge in [0.2, 0.25) is 0 Å². The molecule has 0 N–H and O–H groups in total. The lowest BCUT2D eigenvalue weighted by molar-refractivity contribution is 0.109. The van der Waals surface area contributed by atoms with Crippen LogP contribution in [0.5, 0.6) is 5.88 Å². The molecule has 0 saturated heterocycles. The van der Waals surface area contributed by atoms with Crippen LogP contribution in [0, 0.1) is 0 Å². The molecule has 0 unspecified atom stereocenters. The van der Waals surface area contributed by atoms with E-state index in [1.54, 1.807) is 12.4 Å². The molecule has 0 fully saturated rings. The van der Waals surface area contributed by atoms with Gasteiger partial charge in [0.25, 0.3) is 5.88 Å². The molecule has 2 rings (SSSR count). The monoisotopic (exact) mass is 251 g/mol. The van der Waals surface area contributed by atoms with Gasteiger partial charge in [-0.25, -0.2) is 0 Å². The van der Waals surface area contributed by atoms with E-state index < -0.39 is 0 Å². The molecule has 90 valence electrons. The zero-order valence-electron chi connectivity index (χ0n) is 9.50. The molecule has 0 aliphatic carbocycles. The van der Waals surface area contributed by atoms with Crippen molar-refractivity contribution < 1.29 is 9.47 Å². The van der Waals surface area contributed by atoms with Crippen molar-refractivity contribution in [2.75, 3.05) is 19.8 Å². The van der Waals surface area contributed by atoms with Gasteiger partial charge in [-0.1, -0.05) is 0 Å². The number of aromatic nitrogens is 3. The maximum Gasteiger partial charge on any atom is 0.254 e. The van der Waals surface area contributed by atoms with E-state index in [0.717, 1.165) is 23.0 Å². The van der Waals surface area contributed by atoms with E-state index in [1.165, 1.54) is 0 Å². The minimum absolute atomic E-state index is 0.479. The molecule has 17 heavy (non-hydrogen) atoms. The molecule has 0 bridgehead atoms. The summed E-state index contributed by atoms with van der Waals surface area (Å²) in [4.78, 5) is 4.05. The average molecular weight is 251 g/mol. The maximum absolute atomic E-state index is 5.52. The van der Waals surface area contributed by atoms with Crippen LogP contribution in [0.3, 0.4) is 0 Å². The molecule has 0 aromatic carbocycles. The van der Waals surface area contributed by atoms with Crippen LogP contribution in [0.2, 0.25) is 0 Å². The third-order valence-corrected chi connectivity index (χ3v) is 2.58. The second kappa shape index (κ2) is 6.27. The number of pyridine rings is 1. The largest absolute Gasteiger partial charge is 0.473 e. The molecular weight excluding hydrogens is 238 g/mol. The lowest BCUT2D eigenvalue weighted by atomic mass is 10.2. The molecule has 0 saturated carbocycles. The van der Waals surface area contributed by atoms with Crippen LogP contribution in [-0.2, 0) is 4.74 Å². The summed E-state index contributed by atoms with van der Waals surface area (Å²) in [6.07, 6.45) is 3.46. The van der Waals surface area contributed by atoms with E-state index in [2.05, 4.69) is 13.7 Å². The molecule has 0 spiro atoms. The van der Waals surface area contributed by atoms with Crippen LogP contribution in [-0.4, -0.2) is 33.6 Å². The van der Waals surface area contributed by atoms with Crippen LogP contribution in [0.4, 0.5) is 0 Å². The summed E-state index contributed by atoms with van der Waals surface area (Å²) >= 11 is 1.13. The third kappa shape index (κ3) is 3.21. The summed E-state index contributed by atoms with van der Waals surface area (Å²) in [6.45, 7) is 3.67. The molecule has 2 heterocycles. The summed E-state index contributed by atoms with van der Waals surface area (Å²) in [6, 6.07) is 3.79. The smallest absolute Gasteiger partial charge is 0.254 e. The number of hydrogen-bond donors (Lipinski definition) is 0. The molecule has 0 atom stereocenters. The quantitative estimate of drug-likeness (QED) is 0.735. The van der Waals surface area contributed by atoms with Gasteiger partial charge in [-0.2, -0.15) is 4.37 Å². The van der Waals surface area contributed by atoms with Gasteiger partial charge >= 0.3 is 0 Å². The van der Waals surface area contributed by atoms with Gasteiger partial charge in [0, 0.05) is 24.6 Å². The number of hydrogen-bond acceptors (Lipinski definition) is 6. The average Bonchev–Trinajstić information content (AvgIpc) is 2.84. The Morgan fingerprint density at radius 2 is 2.24 bits per heavy atom. The Kier molecular flexibility index (Phi) is 4.40. The zero-order chi connectivity index (χ0) is 11.9. The van der Waals surface area contributed by atoms with Crippen LogP contribution >= 0.6 is 11.7 Å². The third-order valence-electron chi connectivity index (χ3n) is 2.06. The van der Waals surface area contributed by atoms with Crippen LogP contribution < -0.4 is 4.74 Å². The molecular formula is C11H13N3O2S. The maximum atomic E-state index is 5.52. The van der Waals surface area contributed by atoms with E-state index in [4.69, 9.17) is 9.47 Å². The summed E-state index contributed by atoms with van der Waals surface area (Å²) in [7, 11) is 0. The second-order valence-corrected chi connectivity index (χ2v) is 3.73. The van der Waals surface area contributed by atoms with E-state index in [9.17, 15) is 0 Å². The molecule has 6 heteroatoms. The van der Waals surface area contributed by atoms with Gasteiger partial charge in [-0.3, -0.25) is 4.98 Å². The minimum Gasteiger partial charge on any atom is -0.473 e. The lowest BCUT2D eigenvalue weighted by Gasteiger charge is -2.04. The fourth-order valence-electron chi connectivity index (χ4n) is 1.30. The van der Waals surface area contributed by atoms with Gasteiger partial charge in [-0.05, 0) is 19.1 Å². The van der Waals surface area contributed by atoms with E-state index in [1.807, 2.05) is 19.1 Å². The predicted molar refractivity (Wildman–Crippen MR) is 65.1 cm³/mol. The van der Waals surface area contributed by atoms with Crippen LogP contribution in [0.25, 0.3) is 11.3 Å². The molecule has 0 aliphatic rings. The van der Waals surface area contributed by atoms with Crippen LogP contribution in [0.1, 0.15) is 6.92 Å². The summed E-state index contributed by atoms with van der Waals surface area (Å²) in [5, 5.41) is 0. The van der Waals surface area contributed by atoms with Crippen molar-refractivity contribution in [1.82, 2.24) is 13.7 Å². The van der Waals surface area contributed by atoms with Crippen molar-refractivity contribution in [3.8, 4) is 17.1 Å². The Labute approximate surface area is 104 Å². The summed E-state index contributed by atoms with van der Waals surface area (Å²) < 4.78 is 19.0. The first kappa shape index (κ1) is 11.9. The van der Waals surface area contributed by atoms with Gasteiger partial charge < -0.3 is 9.47 Å². The minimum atomic E-state index is 0.479. The summed E-state index contributed by atoms with van der Waals surface area (Å²) in [5.41, 5.74) is 1.65. The van der Waals surface area contributed by atoms with Crippen molar-refractivity contribution in [1.29, 1.82) is 0 Å². The first-order valence-corrected chi connectivity index (χ1v) is 6.08. The van der Waals surface area contributed by atoms with Gasteiger partial charge in [0.1, 0.15) is 12.3 Å². The van der Waals surface area contributed by atoms with Crippen molar-refractivity contribution in [2.45, 2.75) is 6.92 Å². The Morgan fingerprint density at radius 1 is 1.29 bits per heavy atom. The first-order valence-electron chi connectivity index (χ1n) is 5.35. The zero-order valence-corrected chi connectivity index (χ0v) is 10.3. The highest BCUT2D eigenvalue weighted by molar-refractivity contribution is 6.99. The standard InChI is InChI=1S/C11H13N3O2S/c1-2-15-6-7-16-11-10(13-17-14-11)9-4-3-5-12-8-9/h3-5,8H,2,6-7H2,1H3. The fraction of sp³-hybridized carbons (Fsp3) is 0.364. The van der Waals surface area contributed by atoms with Crippen molar-refractivity contribution >= 4 is 11.7 Å². The Bertz CT molecular complexity index is 447. The van der Waals surface area contributed by atoms with E-state index >= 15 is 0 Å². The van der Waals surface area contributed by atoms with Crippen molar-refractivity contribution in [3.63, 3.8) is 0 Å². The highest BCUT2D eigenvalue weighted by Crippen LogP contribution is 2.26. The highest BCUT2D eigenvalue weighted by Gasteiger charge is 2.11. The molecule has 2 aromatic heterocycles. The van der Waals surface area contributed by atoms with Gasteiger partial charge in [-0.15, -0.1) is 4.37 Å². The lowest BCUT2D eigenvalue weighted by Crippen LogP contribution is -2.07. The van der Waals surface area contributed by atoms with Crippen LogP contribution in [0.15, 0.2) is 24.5 Å². The summed E-state index contributed by atoms with van der Waals surface area (Å²) in [5.74, 6) is 0.544. The van der Waals surface area contributed by atoms with Gasteiger partial charge in [0.05, 0.1) is 18.3 Å². The number of nitrogens with zero attached hydrogens (tertiary/aromatic N) is 3. The molecule has 0 radical (unpaired) electrons. The normalized spacial score (nSPS) is 10.4. The Hall–Kier alpha value is -1.53. The van der Waals surface area contributed by atoms with Gasteiger partial charge in [0.15, 0.2) is 0 Å². The molecule has 0 aliphatic heterocycles. The van der Waals surface area contributed by atoms with E-state index in [-0.39, 0.29) is 0 Å². The Morgan fingerprint density at radius 3 is 3.00 bits per heavy atom. The molecule has 5 nitrogen and oxygen atoms in total. The fourth-order valence-corrected chi connectivity index (χ4v) is 1.82. The van der Waals surface area contributed by atoms with Crippen molar-refractivity contribution in [2.24, 2.45) is 0 Å². The molecule has 0 amide bonds. The topological polar surface area (TPSA) is 57.1 Å². The highest BCUT2D eigenvalue weighted by atomic mass is 32.1.